The Morgan fingerprint density at radius 1 is 1.38 bits per heavy atom. The molecule has 0 saturated carbocycles. The van der Waals surface area contributed by atoms with E-state index in [0.717, 1.165) is 0 Å². The quantitative estimate of drug-likeness (QED) is 0.839. The number of likely N-dealkylation sites (tertiary alicyclic amines) is 1. The van der Waals surface area contributed by atoms with Crippen molar-refractivity contribution in [3.63, 3.8) is 0 Å². The molecular formula is C15H20N2O4. The highest BCUT2D eigenvalue weighted by atomic mass is 16.5. The molecule has 0 aliphatic carbocycles. The SMILES string of the molecule is CC1CN(C(=O)c2ccc(OCC(N)=O)cc2)CCC1O. The molecule has 3 N–H and O–H groups in total. The van der Waals surface area contributed by atoms with Crippen LogP contribution in [0.2, 0.25) is 0 Å². The van der Waals surface area contributed by atoms with Crippen molar-refractivity contribution in [2.45, 2.75) is 19.4 Å². The summed E-state index contributed by atoms with van der Waals surface area (Å²) in [6.45, 7) is 2.86. The second kappa shape index (κ2) is 6.58. The highest BCUT2D eigenvalue weighted by molar-refractivity contribution is 5.94. The van der Waals surface area contributed by atoms with Crippen molar-refractivity contribution in [2.75, 3.05) is 19.7 Å². The third-order valence-corrected chi connectivity index (χ3v) is 3.63. The van der Waals surface area contributed by atoms with Gasteiger partial charge < -0.3 is 20.5 Å². The van der Waals surface area contributed by atoms with Crippen molar-refractivity contribution < 1.29 is 19.4 Å². The zero-order valence-corrected chi connectivity index (χ0v) is 12.0. The lowest BCUT2D eigenvalue weighted by molar-refractivity contribution is -0.119. The smallest absolute Gasteiger partial charge is 0.255 e. The van der Waals surface area contributed by atoms with Crippen LogP contribution < -0.4 is 10.5 Å². The number of rotatable bonds is 4. The minimum Gasteiger partial charge on any atom is -0.484 e. The fraction of sp³-hybridized carbons (Fsp3) is 0.467. The Bertz CT molecular complexity index is 515. The van der Waals surface area contributed by atoms with Gasteiger partial charge in [-0.05, 0) is 36.6 Å². The van der Waals surface area contributed by atoms with Crippen molar-refractivity contribution in [3.05, 3.63) is 29.8 Å². The van der Waals surface area contributed by atoms with Gasteiger partial charge in [0.2, 0.25) is 0 Å². The molecule has 6 heteroatoms. The number of carbonyl (C=O) groups is 2. The first-order chi connectivity index (χ1) is 9.97. The maximum Gasteiger partial charge on any atom is 0.255 e. The van der Waals surface area contributed by atoms with Gasteiger partial charge in [0.25, 0.3) is 11.8 Å². The lowest BCUT2D eigenvalue weighted by Crippen LogP contribution is -2.44. The zero-order valence-electron chi connectivity index (χ0n) is 12.0. The van der Waals surface area contributed by atoms with Gasteiger partial charge in [-0.15, -0.1) is 0 Å². The molecule has 0 radical (unpaired) electrons. The van der Waals surface area contributed by atoms with Crippen LogP contribution in [0.1, 0.15) is 23.7 Å². The van der Waals surface area contributed by atoms with Gasteiger partial charge in [0.05, 0.1) is 6.10 Å². The predicted molar refractivity (Wildman–Crippen MR) is 76.8 cm³/mol. The van der Waals surface area contributed by atoms with E-state index in [-0.39, 0.29) is 24.5 Å². The lowest BCUT2D eigenvalue weighted by atomic mass is 9.96. The monoisotopic (exact) mass is 292 g/mol. The van der Waals surface area contributed by atoms with Crippen molar-refractivity contribution in [1.29, 1.82) is 0 Å². The molecule has 2 unspecified atom stereocenters. The van der Waals surface area contributed by atoms with E-state index in [2.05, 4.69) is 0 Å². The number of amides is 2. The van der Waals surface area contributed by atoms with Gasteiger partial charge >= 0.3 is 0 Å². The number of ether oxygens (including phenoxy) is 1. The number of carbonyl (C=O) groups excluding carboxylic acids is 2. The van der Waals surface area contributed by atoms with Crippen LogP contribution >= 0.6 is 0 Å². The summed E-state index contributed by atoms with van der Waals surface area (Å²) < 4.78 is 5.15. The molecule has 2 rings (SSSR count). The van der Waals surface area contributed by atoms with Crippen molar-refractivity contribution in [2.24, 2.45) is 11.7 Å². The Morgan fingerprint density at radius 3 is 2.62 bits per heavy atom. The molecule has 1 aromatic carbocycles. The first kappa shape index (κ1) is 15.3. The van der Waals surface area contributed by atoms with E-state index in [1.165, 1.54) is 0 Å². The van der Waals surface area contributed by atoms with Gasteiger partial charge in [-0.2, -0.15) is 0 Å². The first-order valence-electron chi connectivity index (χ1n) is 6.96. The summed E-state index contributed by atoms with van der Waals surface area (Å²) in [6, 6.07) is 6.60. The molecule has 2 amide bonds. The summed E-state index contributed by atoms with van der Waals surface area (Å²) in [4.78, 5) is 24.7. The third kappa shape index (κ3) is 3.95. The standard InChI is InChI=1S/C15H20N2O4/c1-10-8-17(7-6-13(10)18)15(20)11-2-4-12(5-3-11)21-9-14(16)19/h2-5,10,13,18H,6-9H2,1H3,(H2,16,19). The van der Waals surface area contributed by atoms with Gasteiger partial charge in [-0.1, -0.05) is 6.92 Å². The Labute approximate surface area is 123 Å². The molecule has 6 nitrogen and oxygen atoms in total. The van der Waals surface area contributed by atoms with Crippen LogP contribution in [-0.2, 0) is 4.79 Å². The summed E-state index contributed by atoms with van der Waals surface area (Å²) in [5.41, 5.74) is 5.56. The molecule has 1 fully saturated rings. The molecule has 0 aromatic heterocycles. The largest absolute Gasteiger partial charge is 0.484 e. The van der Waals surface area contributed by atoms with E-state index in [1.54, 1.807) is 29.2 Å². The highest BCUT2D eigenvalue weighted by Crippen LogP contribution is 2.20. The summed E-state index contributed by atoms with van der Waals surface area (Å²) in [7, 11) is 0. The molecule has 114 valence electrons. The Balaban J connectivity index is 1.98. The second-order valence-electron chi connectivity index (χ2n) is 5.36. The summed E-state index contributed by atoms with van der Waals surface area (Å²) in [5.74, 6) is -0.0279. The van der Waals surface area contributed by atoms with E-state index < -0.39 is 5.91 Å². The lowest BCUT2D eigenvalue weighted by Gasteiger charge is -2.34. The molecule has 21 heavy (non-hydrogen) atoms. The predicted octanol–water partition coefficient (Wildman–Crippen LogP) is 0.394. The Morgan fingerprint density at radius 2 is 2.05 bits per heavy atom. The van der Waals surface area contributed by atoms with Crippen LogP contribution in [0, 0.1) is 5.92 Å². The number of nitrogens with zero attached hydrogens (tertiary/aromatic N) is 1. The minimum atomic E-state index is -0.545. The molecule has 1 aliphatic rings. The van der Waals surface area contributed by atoms with Crippen LogP contribution in [0.25, 0.3) is 0 Å². The minimum absolute atomic E-state index is 0.0600. The number of piperidine rings is 1. The number of primary amides is 1. The number of hydrogen-bond donors (Lipinski definition) is 2. The number of aliphatic hydroxyl groups excluding tert-OH is 1. The number of nitrogens with two attached hydrogens (primary N) is 1. The van der Waals surface area contributed by atoms with Gasteiger partial charge in [0.1, 0.15) is 5.75 Å². The maximum absolute atomic E-state index is 12.4. The molecule has 0 spiro atoms. The summed E-state index contributed by atoms with van der Waals surface area (Å²) >= 11 is 0. The number of benzene rings is 1. The highest BCUT2D eigenvalue weighted by Gasteiger charge is 2.27. The van der Waals surface area contributed by atoms with E-state index in [9.17, 15) is 14.7 Å². The first-order valence-corrected chi connectivity index (χ1v) is 6.96. The van der Waals surface area contributed by atoms with Gasteiger partial charge in [0.15, 0.2) is 6.61 Å². The fourth-order valence-electron chi connectivity index (χ4n) is 2.35. The van der Waals surface area contributed by atoms with Crippen molar-refractivity contribution in [3.8, 4) is 5.75 Å². The summed E-state index contributed by atoms with van der Waals surface area (Å²) in [6.07, 6.45) is 0.269. The molecule has 2 atom stereocenters. The molecule has 0 bridgehead atoms. The molecule has 1 heterocycles. The summed E-state index contributed by atoms with van der Waals surface area (Å²) in [5, 5.41) is 9.70. The van der Waals surface area contributed by atoms with E-state index in [4.69, 9.17) is 10.5 Å². The van der Waals surface area contributed by atoms with Crippen LogP contribution in [0.15, 0.2) is 24.3 Å². The van der Waals surface area contributed by atoms with E-state index in [1.807, 2.05) is 6.92 Å². The second-order valence-corrected chi connectivity index (χ2v) is 5.36. The molecule has 1 saturated heterocycles. The van der Waals surface area contributed by atoms with Gasteiger partial charge in [0, 0.05) is 18.7 Å². The topological polar surface area (TPSA) is 92.9 Å². The third-order valence-electron chi connectivity index (χ3n) is 3.63. The zero-order chi connectivity index (χ0) is 15.4. The van der Waals surface area contributed by atoms with Crippen molar-refractivity contribution >= 4 is 11.8 Å². The number of hydrogen-bond acceptors (Lipinski definition) is 4. The van der Waals surface area contributed by atoms with Crippen LogP contribution in [0.3, 0.4) is 0 Å². The Hall–Kier alpha value is -2.08. The fourth-order valence-corrected chi connectivity index (χ4v) is 2.35. The van der Waals surface area contributed by atoms with Crippen LogP contribution in [-0.4, -0.2) is 47.6 Å². The molecule has 1 aliphatic heterocycles. The van der Waals surface area contributed by atoms with E-state index in [0.29, 0.717) is 30.8 Å². The van der Waals surface area contributed by atoms with E-state index >= 15 is 0 Å². The number of aliphatic hydroxyl groups is 1. The van der Waals surface area contributed by atoms with Crippen LogP contribution in [0.4, 0.5) is 0 Å². The molecule has 1 aromatic rings. The van der Waals surface area contributed by atoms with Crippen LogP contribution in [0.5, 0.6) is 5.75 Å². The maximum atomic E-state index is 12.4. The van der Waals surface area contributed by atoms with Gasteiger partial charge in [-0.3, -0.25) is 9.59 Å². The van der Waals surface area contributed by atoms with Crippen molar-refractivity contribution in [1.82, 2.24) is 4.90 Å². The molecular weight excluding hydrogens is 272 g/mol. The van der Waals surface area contributed by atoms with Gasteiger partial charge in [-0.25, -0.2) is 0 Å². The normalized spacial score (nSPS) is 21.9. The average Bonchev–Trinajstić information content (AvgIpc) is 2.48. The Kier molecular flexibility index (Phi) is 4.80. The average molecular weight is 292 g/mol.